The van der Waals surface area contributed by atoms with Crippen LogP contribution in [0.4, 0.5) is 0 Å². The van der Waals surface area contributed by atoms with E-state index in [2.05, 4.69) is 22.1 Å². The van der Waals surface area contributed by atoms with Crippen LogP contribution in [-0.2, 0) is 9.53 Å². The number of carbonyl (C=O) groups is 1. The van der Waals surface area contributed by atoms with Gasteiger partial charge in [-0.15, -0.1) is 0 Å². The molecule has 0 saturated carbocycles. The average Bonchev–Trinajstić information content (AvgIpc) is 2.97. The lowest BCUT2D eigenvalue weighted by molar-refractivity contribution is -0.145. The zero-order valence-electron chi connectivity index (χ0n) is 14.3. The number of hydrogen-bond acceptors (Lipinski definition) is 4. The van der Waals surface area contributed by atoms with Gasteiger partial charge in [0.2, 0.25) is 0 Å². The van der Waals surface area contributed by atoms with Crippen molar-refractivity contribution in [1.82, 2.24) is 10.2 Å². The molecule has 0 bridgehead atoms. The number of benzene rings is 1. The molecule has 1 saturated heterocycles. The lowest BCUT2D eigenvalue weighted by Crippen LogP contribution is -2.42. The Morgan fingerprint density at radius 1 is 1.42 bits per heavy atom. The number of esters is 1. The molecule has 1 aromatic rings. The molecule has 1 aromatic carbocycles. The fourth-order valence-electron chi connectivity index (χ4n) is 2.82. The molecule has 0 radical (unpaired) electrons. The summed E-state index contributed by atoms with van der Waals surface area (Å²) in [6.45, 7) is 4.48. The molecule has 0 amide bonds. The van der Waals surface area contributed by atoms with Gasteiger partial charge < -0.3 is 19.7 Å². The normalized spacial score (nSPS) is 20.8. The van der Waals surface area contributed by atoms with Gasteiger partial charge in [-0.25, -0.2) is 0 Å². The van der Waals surface area contributed by atoms with Crippen molar-refractivity contribution in [2.24, 2.45) is 16.8 Å². The molecule has 0 aliphatic carbocycles. The van der Waals surface area contributed by atoms with Crippen molar-refractivity contribution in [3.8, 4) is 5.75 Å². The minimum atomic E-state index is -0.164. The fourth-order valence-corrected chi connectivity index (χ4v) is 3.01. The number of rotatable bonds is 5. The smallest absolute Gasteiger partial charge is 0.310 e. The summed E-state index contributed by atoms with van der Waals surface area (Å²) in [6, 6.07) is 7.37. The van der Waals surface area contributed by atoms with Crippen molar-refractivity contribution in [1.29, 1.82) is 0 Å². The number of guanidine groups is 1. The lowest BCUT2D eigenvalue weighted by atomic mass is 9.99. The highest BCUT2D eigenvalue weighted by molar-refractivity contribution is 6.32. The predicted octanol–water partition coefficient (Wildman–Crippen LogP) is 2.04. The molecule has 0 spiro atoms. The molecule has 2 rings (SSSR count). The first-order valence-electron chi connectivity index (χ1n) is 7.97. The number of nitrogens with zero attached hydrogens (tertiary/aromatic N) is 2. The summed E-state index contributed by atoms with van der Waals surface area (Å²) in [5.74, 6) is 1.37. The molecule has 6 nitrogen and oxygen atoms in total. The highest BCUT2D eigenvalue weighted by Gasteiger charge is 2.36. The highest BCUT2D eigenvalue weighted by atomic mass is 35.5. The monoisotopic (exact) mass is 353 g/mol. The summed E-state index contributed by atoms with van der Waals surface area (Å²) in [5, 5.41) is 3.85. The van der Waals surface area contributed by atoms with Crippen LogP contribution >= 0.6 is 11.6 Å². The zero-order valence-corrected chi connectivity index (χ0v) is 15.0. The van der Waals surface area contributed by atoms with Crippen LogP contribution in [0.3, 0.4) is 0 Å². The summed E-state index contributed by atoms with van der Waals surface area (Å²) in [6.07, 6.45) is 0. The SMILES string of the molecule is CN=C(NCCOc1ccccc1Cl)N1CC(C)C(C(=O)OC)C1. The first-order chi connectivity index (χ1) is 11.6. The second kappa shape index (κ2) is 8.78. The van der Waals surface area contributed by atoms with E-state index in [0.717, 1.165) is 12.5 Å². The van der Waals surface area contributed by atoms with Crippen LogP contribution in [0.15, 0.2) is 29.3 Å². The van der Waals surface area contributed by atoms with Gasteiger partial charge in [-0.3, -0.25) is 9.79 Å². The number of methoxy groups -OCH3 is 1. The van der Waals surface area contributed by atoms with Crippen LogP contribution in [0.25, 0.3) is 0 Å². The van der Waals surface area contributed by atoms with E-state index in [0.29, 0.717) is 30.5 Å². The van der Waals surface area contributed by atoms with Crippen LogP contribution in [0.5, 0.6) is 5.75 Å². The summed E-state index contributed by atoms with van der Waals surface area (Å²) >= 11 is 6.05. The Morgan fingerprint density at radius 2 is 2.17 bits per heavy atom. The van der Waals surface area contributed by atoms with Crippen LogP contribution in [0, 0.1) is 11.8 Å². The van der Waals surface area contributed by atoms with E-state index < -0.39 is 0 Å². The van der Waals surface area contributed by atoms with Gasteiger partial charge in [0.15, 0.2) is 5.96 Å². The minimum absolute atomic E-state index is 0.118. The summed E-state index contributed by atoms with van der Waals surface area (Å²) in [7, 11) is 3.16. The highest BCUT2D eigenvalue weighted by Crippen LogP contribution is 2.24. The molecule has 1 aliphatic heterocycles. The van der Waals surface area contributed by atoms with Crippen LogP contribution in [0.2, 0.25) is 5.02 Å². The Labute approximate surface area is 147 Å². The third-order valence-corrected chi connectivity index (χ3v) is 4.42. The van der Waals surface area contributed by atoms with E-state index >= 15 is 0 Å². The van der Waals surface area contributed by atoms with Crippen molar-refractivity contribution in [3.63, 3.8) is 0 Å². The van der Waals surface area contributed by atoms with Crippen molar-refractivity contribution in [3.05, 3.63) is 29.3 Å². The standard InChI is InChI=1S/C17H24ClN3O3/c1-12-10-21(11-13(12)16(22)23-3)17(19-2)20-8-9-24-15-7-5-4-6-14(15)18/h4-7,12-13H,8-11H2,1-3H3,(H,19,20). The van der Waals surface area contributed by atoms with Gasteiger partial charge in [0.05, 0.1) is 24.6 Å². The molecule has 7 heteroatoms. The van der Waals surface area contributed by atoms with Crippen molar-refractivity contribution in [2.75, 3.05) is 40.4 Å². The van der Waals surface area contributed by atoms with Crippen LogP contribution < -0.4 is 10.1 Å². The van der Waals surface area contributed by atoms with Crippen LogP contribution in [0.1, 0.15) is 6.92 Å². The zero-order chi connectivity index (χ0) is 17.5. The molecule has 1 heterocycles. The quantitative estimate of drug-likeness (QED) is 0.380. The first kappa shape index (κ1) is 18.4. The third-order valence-electron chi connectivity index (χ3n) is 4.11. The summed E-state index contributed by atoms with van der Waals surface area (Å²) in [5.41, 5.74) is 0. The average molecular weight is 354 g/mol. The van der Waals surface area contributed by atoms with Gasteiger partial charge in [-0.05, 0) is 18.1 Å². The molecule has 0 aromatic heterocycles. The van der Waals surface area contributed by atoms with E-state index in [1.165, 1.54) is 7.11 Å². The molecule has 24 heavy (non-hydrogen) atoms. The second-order valence-electron chi connectivity index (χ2n) is 5.76. The van der Waals surface area contributed by atoms with E-state index in [4.69, 9.17) is 21.1 Å². The molecular formula is C17H24ClN3O3. The number of aliphatic imine (C=N–C) groups is 1. The molecule has 2 atom stereocenters. The predicted molar refractivity (Wildman–Crippen MR) is 94.6 cm³/mol. The van der Waals surface area contributed by atoms with Crippen molar-refractivity contribution >= 4 is 23.5 Å². The molecule has 1 aliphatic rings. The Morgan fingerprint density at radius 3 is 2.83 bits per heavy atom. The van der Waals surface area contributed by atoms with E-state index in [1.54, 1.807) is 13.1 Å². The Bertz CT molecular complexity index is 594. The Balaban J connectivity index is 1.81. The summed E-state index contributed by atoms with van der Waals surface area (Å²) < 4.78 is 10.5. The van der Waals surface area contributed by atoms with Crippen molar-refractivity contribution in [2.45, 2.75) is 6.92 Å². The molecule has 1 fully saturated rings. The van der Waals surface area contributed by atoms with Gasteiger partial charge in [0, 0.05) is 20.1 Å². The second-order valence-corrected chi connectivity index (χ2v) is 6.17. The van der Waals surface area contributed by atoms with Gasteiger partial charge >= 0.3 is 5.97 Å². The number of carbonyl (C=O) groups excluding carboxylic acids is 1. The minimum Gasteiger partial charge on any atom is -0.490 e. The van der Waals surface area contributed by atoms with E-state index in [-0.39, 0.29) is 17.8 Å². The maximum Gasteiger partial charge on any atom is 0.310 e. The summed E-state index contributed by atoms with van der Waals surface area (Å²) in [4.78, 5) is 18.1. The largest absolute Gasteiger partial charge is 0.490 e. The fraction of sp³-hybridized carbons (Fsp3) is 0.529. The number of hydrogen-bond donors (Lipinski definition) is 1. The first-order valence-corrected chi connectivity index (χ1v) is 8.35. The van der Waals surface area contributed by atoms with E-state index in [1.807, 2.05) is 18.2 Å². The molecule has 1 N–H and O–H groups in total. The number of nitrogens with one attached hydrogen (secondary N) is 1. The Hall–Kier alpha value is -1.95. The van der Waals surface area contributed by atoms with Crippen molar-refractivity contribution < 1.29 is 14.3 Å². The molecule has 2 unspecified atom stereocenters. The van der Waals surface area contributed by atoms with Gasteiger partial charge in [-0.1, -0.05) is 30.7 Å². The number of likely N-dealkylation sites (tertiary alicyclic amines) is 1. The Kier molecular flexibility index (Phi) is 6.73. The topological polar surface area (TPSA) is 63.2 Å². The van der Waals surface area contributed by atoms with Crippen LogP contribution in [-0.4, -0.2) is 57.2 Å². The molecule has 132 valence electrons. The maximum atomic E-state index is 11.8. The number of halogens is 1. The lowest BCUT2D eigenvalue weighted by Gasteiger charge is -2.21. The number of ether oxygens (including phenoxy) is 2. The molecular weight excluding hydrogens is 330 g/mol. The third kappa shape index (κ3) is 4.54. The van der Waals surface area contributed by atoms with Gasteiger partial charge in [0.25, 0.3) is 0 Å². The van der Waals surface area contributed by atoms with Gasteiger partial charge in [-0.2, -0.15) is 0 Å². The number of para-hydroxylation sites is 1. The maximum absolute atomic E-state index is 11.8. The van der Waals surface area contributed by atoms with Gasteiger partial charge in [0.1, 0.15) is 12.4 Å². The van der Waals surface area contributed by atoms with E-state index in [9.17, 15) is 4.79 Å².